The first-order valence-corrected chi connectivity index (χ1v) is 5.36. The van der Waals surface area contributed by atoms with Crippen LogP contribution in [0, 0.1) is 0 Å². The number of hydrogen-bond acceptors (Lipinski definition) is 2. The smallest absolute Gasteiger partial charge is 0.0558 e. The lowest BCUT2D eigenvalue weighted by Gasteiger charge is -2.33. The number of nitrogens with zero attached hydrogens (tertiary/aromatic N) is 2. The number of hydrogen-bond donors (Lipinski definition) is 1. The van der Waals surface area contributed by atoms with Crippen LogP contribution in [0.1, 0.15) is 18.9 Å². The Morgan fingerprint density at radius 2 is 2.07 bits per heavy atom. The minimum absolute atomic E-state index is 0.276. The van der Waals surface area contributed by atoms with E-state index in [9.17, 15) is 0 Å². The summed E-state index contributed by atoms with van der Waals surface area (Å²) in [6.07, 6.45) is 6.76. The SMILES string of the molecule is OCCN1CCCC(n2cccc2)C1. The Balaban J connectivity index is 1.94. The summed E-state index contributed by atoms with van der Waals surface area (Å²) in [6.45, 7) is 3.31. The molecule has 14 heavy (non-hydrogen) atoms. The van der Waals surface area contributed by atoms with Gasteiger partial charge in [0.05, 0.1) is 6.61 Å². The Morgan fingerprint density at radius 3 is 2.79 bits per heavy atom. The van der Waals surface area contributed by atoms with Crippen molar-refractivity contribution < 1.29 is 5.11 Å². The molecule has 78 valence electrons. The summed E-state index contributed by atoms with van der Waals surface area (Å²) in [5.74, 6) is 0. The van der Waals surface area contributed by atoms with Crippen LogP contribution >= 0.6 is 0 Å². The highest BCUT2D eigenvalue weighted by atomic mass is 16.3. The van der Waals surface area contributed by atoms with E-state index in [1.165, 1.54) is 12.8 Å². The summed E-state index contributed by atoms with van der Waals surface area (Å²) in [6, 6.07) is 4.75. The van der Waals surface area contributed by atoms with Gasteiger partial charge in [0, 0.05) is 31.5 Å². The number of aliphatic hydroxyl groups is 1. The zero-order valence-corrected chi connectivity index (χ0v) is 8.47. The molecule has 0 aliphatic carbocycles. The van der Waals surface area contributed by atoms with Crippen LogP contribution in [0.25, 0.3) is 0 Å². The lowest BCUT2D eigenvalue weighted by atomic mass is 10.1. The van der Waals surface area contributed by atoms with Crippen LogP contribution in [-0.4, -0.2) is 40.8 Å². The highest BCUT2D eigenvalue weighted by Gasteiger charge is 2.19. The molecule has 0 bridgehead atoms. The van der Waals surface area contributed by atoms with Gasteiger partial charge in [-0.15, -0.1) is 0 Å². The van der Waals surface area contributed by atoms with Gasteiger partial charge in [-0.05, 0) is 31.5 Å². The van der Waals surface area contributed by atoms with Gasteiger partial charge in [-0.1, -0.05) is 0 Å². The molecule has 1 atom stereocenters. The molecule has 1 saturated heterocycles. The second-order valence-corrected chi connectivity index (χ2v) is 3.95. The van der Waals surface area contributed by atoms with E-state index in [1.54, 1.807) is 0 Å². The molecule has 0 radical (unpaired) electrons. The minimum Gasteiger partial charge on any atom is -0.395 e. The molecule has 3 heteroatoms. The fourth-order valence-corrected chi connectivity index (χ4v) is 2.21. The third kappa shape index (κ3) is 2.16. The minimum atomic E-state index is 0.276. The van der Waals surface area contributed by atoms with Crippen LogP contribution in [0.15, 0.2) is 24.5 Å². The molecule has 0 saturated carbocycles. The van der Waals surface area contributed by atoms with E-state index in [4.69, 9.17) is 5.11 Å². The summed E-state index contributed by atoms with van der Waals surface area (Å²) < 4.78 is 2.28. The molecule has 3 nitrogen and oxygen atoms in total. The van der Waals surface area contributed by atoms with Crippen LogP contribution in [-0.2, 0) is 0 Å². The van der Waals surface area contributed by atoms with Crippen molar-refractivity contribution in [1.82, 2.24) is 9.47 Å². The van der Waals surface area contributed by atoms with E-state index in [0.29, 0.717) is 6.04 Å². The molecular weight excluding hydrogens is 176 g/mol. The first-order chi connectivity index (χ1) is 6.90. The molecule has 2 heterocycles. The first-order valence-electron chi connectivity index (χ1n) is 5.36. The Labute approximate surface area is 85.0 Å². The van der Waals surface area contributed by atoms with Gasteiger partial charge in [0.25, 0.3) is 0 Å². The largest absolute Gasteiger partial charge is 0.395 e. The van der Waals surface area contributed by atoms with Gasteiger partial charge in [-0.2, -0.15) is 0 Å². The second kappa shape index (κ2) is 4.62. The molecule has 1 unspecified atom stereocenters. The van der Waals surface area contributed by atoms with E-state index in [0.717, 1.165) is 19.6 Å². The van der Waals surface area contributed by atoms with Crippen molar-refractivity contribution >= 4 is 0 Å². The van der Waals surface area contributed by atoms with Crippen LogP contribution in [0.4, 0.5) is 0 Å². The van der Waals surface area contributed by atoms with Crippen molar-refractivity contribution in [2.24, 2.45) is 0 Å². The summed E-state index contributed by atoms with van der Waals surface area (Å²) in [5, 5.41) is 8.89. The molecule has 0 amide bonds. The zero-order chi connectivity index (χ0) is 9.80. The maximum absolute atomic E-state index is 8.89. The fraction of sp³-hybridized carbons (Fsp3) is 0.636. The number of aromatic nitrogens is 1. The maximum atomic E-state index is 8.89. The van der Waals surface area contributed by atoms with E-state index in [1.807, 2.05) is 0 Å². The third-order valence-electron chi connectivity index (χ3n) is 2.95. The molecule has 0 aromatic carbocycles. The second-order valence-electron chi connectivity index (χ2n) is 3.95. The number of aliphatic hydroxyl groups excluding tert-OH is 1. The maximum Gasteiger partial charge on any atom is 0.0558 e. The van der Waals surface area contributed by atoms with Gasteiger partial charge < -0.3 is 9.67 Å². The Morgan fingerprint density at radius 1 is 1.29 bits per heavy atom. The quantitative estimate of drug-likeness (QED) is 0.781. The standard InChI is InChI=1S/C11H18N2O/c14-9-8-12-5-3-4-11(10-12)13-6-1-2-7-13/h1-2,6-7,11,14H,3-5,8-10H2. The van der Waals surface area contributed by atoms with E-state index < -0.39 is 0 Å². The lowest BCUT2D eigenvalue weighted by molar-refractivity contribution is 0.142. The topological polar surface area (TPSA) is 28.4 Å². The molecule has 0 spiro atoms. The monoisotopic (exact) mass is 194 g/mol. The molecule has 1 aliphatic rings. The van der Waals surface area contributed by atoms with Gasteiger partial charge in [-0.3, -0.25) is 4.90 Å². The molecule has 1 aromatic rings. The van der Waals surface area contributed by atoms with Crippen molar-refractivity contribution in [2.45, 2.75) is 18.9 Å². The van der Waals surface area contributed by atoms with Crippen molar-refractivity contribution in [3.8, 4) is 0 Å². The normalized spacial score (nSPS) is 23.9. The van der Waals surface area contributed by atoms with Crippen LogP contribution in [0.3, 0.4) is 0 Å². The first kappa shape index (κ1) is 9.74. The number of piperidine rings is 1. The zero-order valence-electron chi connectivity index (χ0n) is 8.47. The summed E-state index contributed by atoms with van der Waals surface area (Å²) in [4.78, 5) is 2.34. The highest BCUT2D eigenvalue weighted by Crippen LogP contribution is 2.20. The Kier molecular flexibility index (Phi) is 3.22. The molecule has 1 aliphatic heterocycles. The highest BCUT2D eigenvalue weighted by molar-refractivity contribution is 4.94. The van der Waals surface area contributed by atoms with Crippen LogP contribution < -0.4 is 0 Å². The van der Waals surface area contributed by atoms with Crippen molar-refractivity contribution in [2.75, 3.05) is 26.2 Å². The molecule has 1 aromatic heterocycles. The number of likely N-dealkylation sites (tertiary alicyclic amines) is 1. The molecule has 1 N–H and O–H groups in total. The fourth-order valence-electron chi connectivity index (χ4n) is 2.21. The average molecular weight is 194 g/mol. The summed E-state index contributed by atoms with van der Waals surface area (Å²) in [5.41, 5.74) is 0. The predicted octanol–water partition coefficient (Wildman–Crippen LogP) is 1.12. The average Bonchev–Trinajstić information content (AvgIpc) is 2.71. The molecule has 1 fully saturated rings. The number of β-amino-alcohol motifs (C(OH)–C–C–N with tert-alkyl or cyclic N) is 1. The number of rotatable bonds is 3. The Hall–Kier alpha value is -0.800. The van der Waals surface area contributed by atoms with Gasteiger partial charge in [0.1, 0.15) is 0 Å². The van der Waals surface area contributed by atoms with Crippen LogP contribution in [0.5, 0.6) is 0 Å². The van der Waals surface area contributed by atoms with Gasteiger partial charge in [0.2, 0.25) is 0 Å². The summed E-state index contributed by atoms with van der Waals surface area (Å²) >= 11 is 0. The summed E-state index contributed by atoms with van der Waals surface area (Å²) in [7, 11) is 0. The molecular formula is C11H18N2O. The van der Waals surface area contributed by atoms with Crippen molar-refractivity contribution in [3.63, 3.8) is 0 Å². The van der Waals surface area contributed by atoms with Gasteiger partial charge in [0.15, 0.2) is 0 Å². The molecule has 2 rings (SSSR count). The Bertz CT molecular complexity index is 256. The van der Waals surface area contributed by atoms with Crippen LogP contribution in [0.2, 0.25) is 0 Å². The van der Waals surface area contributed by atoms with Gasteiger partial charge >= 0.3 is 0 Å². The predicted molar refractivity (Wildman–Crippen MR) is 56.2 cm³/mol. The van der Waals surface area contributed by atoms with Gasteiger partial charge in [-0.25, -0.2) is 0 Å². The van der Waals surface area contributed by atoms with E-state index >= 15 is 0 Å². The van der Waals surface area contributed by atoms with E-state index in [2.05, 4.69) is 34.0 Å². The van der Waals surface area contributed by atoms with Crippen molar-refractivity contribution in [1.29, 1.82) is 0 Å². The third-order valence-corrected chi connectivity index (χ3v) is 2.95. The lowest BCUT2D eigenvalue weighted by Crippen LogP contribution is -2.37. The van der Waals surface area contributed by atoms with Crippen molar-refractivity contribution in [3.05, 3.63) is 24.5 Å². The van der Waals surface area contributed by atoms with E-state index in [-0.39, 0.29) is 6.61 Å².